The van der Waals surface area contributed by atoms with Gasteiger partial charge in [0.2, 0.25) is 11.6 Å². The van der Waals surface area contributed by atoms with Crippen molar-refractivity contribution in [3.8, 4) is 28.7 Å². The van der Waals surface area contributed by atoms with Crippen LogP contribution in [0.4, 0.5) is 10.1 Å². The SMILES string of the molecule is COc1cc(C(=O)Nc2ccc3oc(-c4ccc(F)cc4Cl)nc3c2)cc(OC)c1OC. The van der Waals surface area contributed by atoms with Crippen LogP contribution in [0.2, 0.25) is 5.02 Å². The van der Waals surface area contributed by atoms with Crippen molar-refractivity contribution in [1.82, 2.24) is 4.98 Å². The maximum Gasteiger partial charge on any atom is 0.255 e. The Morgan fingerprint density at radius 2 is 1.72 bits per heavy atom. The molecule has 0 bridgehead atoms. The summed E-state index contributed by atoms with van der Waals surface area (Å²) in [6.07, 6.45) is 0. The first-order valence-corrected chi connectivity index (χ1v) is 9.78. The van der Waals surface area contributed by atoms with E-state index in [9.17, 15) is 9.18 Å². The summed E-state index contributed by atoms with van der Waals surface area (Å²) in [6, 6.07) is 12.1. The van der Waals surface area contributed by atoms with E-state index in [-0.39, 0.29) is 16.8 Å². The summed E-state index contributed by atoms with van der Waals surface area (Å²) in [5, 5.41) is 3.00. The second-order valence-corrected chi connectivity index (χ2v) is 7.10. The standard InChI is InChI=1S/C23H18ClFN2O5/c1-29-19-8-12(9-20(30-2)21(19)31-3)22(28)26-14-5-7-18-17(11-14)27-23(32-18)15-6-4-13(25)10-16(15)24/h4-11H,1-3H3,(H,26,28). The van der Waals surface area contributed by atoms with Crippen molar-refractivity contribution < 1.29 is 27.8 Å². The molecule has 1 amide bonds. The van der Waals surface area contributed by atoms with Crippen LogP contribution in [-0.2, 0) is 0 Å². The molecular formula is C23H18ClFN2O5. The van der Waals surface area contributed by atoms with Crippen LogP contribution in [0.3, 0.4) is 0 Å². The van der Waals surface area contributed by atoms with Crippen molar-refractivity contribution in [3.05, 3.63) is 64.9 Å². The maximum atomic E-state index is 13.3. The van der Waals surface area contributed by atoms with Crippen molar-refractivity contribution in [2.24, 2.45) is 0 Å². The maximum absolute atomic E-state index is 13.3. The molecule has 0 aliphatic heterocycles. The zero-order valence-electron chi connectivity index (χ0n) is 17.4. The highest BCUT2D eigenvalue weighted by Gasteiger charge is 2.18. The number of ether oxygens (including phenoxy) is 3. The lowest BCUT2D eigenvalue weighted by molar-refractivity contribution is 0.102. The number of rotatable bonds is 6. The Bertz CT molecular complexity index is 1300. The minimum absolute atomic E-state index is 0.187. The number of carbonyl (C=O) groups excluding carboxylic acids is 1. The van der Waals surface area contributed by atoms with Gasteiger partial charge in [-0.25, -0.2) is 9.37 Å². The molecule has 1 N–H and O–H groups in total. The number of carbonyl (C=O) groups is 1. The van der Waals surface area contributed by atoms with Gasteiger partial charge in [0, 0.05) is 11.3 Å². The average Bonchev–Trinajstić information content (AvgIpc) is 3.20. The van der Waals surface area contributed by atoms with Gasteiger partial charge in [-0.3, -0.25) is 4.79 Å². The molecule has 0 radical (unpaired) electrons. The van der Waals surface area contributed by atoms with Gasteiger partial charge in [0.15, 0.2) is 17.1 Å². The predicted molar refractivity (Wildman–Crippen MR) is 118 cm³/mol. The molecule has 32 heavy (non-hydrogen) atoms. The van der Waals surface area contributed by atoms with Crippen LogP contribution in [0.15, 0.2) is 52.9 Å². The Kier molecular flexibility index (Phi) is 5.87. The van der Waals surface area contributed by atoms with Crippen LogP contribution in [0, 0.1) is 5.82 Å². The number of anilines is 1. The molecule has 3 aromatic carbocycles. The van der Waals surface area contributed by atoms with Crippen molar-refractivity contribution >= 4 is 34.3 Å². The number of aromatic nitrogens is 1. The number of hydrogen-bond acceptors (Lipinski definition) is 6. The van der Waals surface area contributed by atoms with Gasteiger partial charge in [0.25, 0.3) is 5.91 Å². The van der Waals surface area contributed by atoms with E-state index in [1.807, 2.05) is 0 Å². The average molecular weight is 457 g/mol. The van der Waals surface area contributed by atoms with Gasteiger partial charge >= 0.3 is 0 Å². The molecule has 9 heteroatoms. The van der Waals surface area contributed by atoms with Crippen molar-refractivity contribution in [3.63, 3.8) is 0 Å². The highest BCUT2D eigenvalue weighted by molar-refractivity contribution is 6.33. The molecule has 0 aliphatic rings. The molecule has 0 fully saturated rings. The molecule has 0 spiro atoms. The second-order valence-electron chi connectivity index (χ2n) is 6.69. The van der Waals surface area contributed by atoms with Gasteiger partial charge < -0.3 is 23.9 Å². The normalized spacial score (nSPS) is 10.8. The van der Waals surface area contributed by atoms with E-state index in [1.165, 1.54) is 39.5 Å². The van der Waals surface area contributed by atoms with Crippen molar-refractivity contribution in [1.29, 1.82) is 0 Å². The molecule has 0 saturated heterocycles. The third-order valence-corrected chi connectivity index (χ3v) is 5.05. The van der Waals surface area contributed by atoms with Crippen LogP contribution >= 0.6 is 11.6 Å². The smallest absolute Gasteiger partial charge is 0.255 e. The molecule has 164 valence electrons. The van der Waals surface area contributed by atoms with E-state index in [4.69, 9.17) is 30.2 Å². The summed E-state index contributed by atoms with van der Waals surface area (Å²) in [5.74, 6) is 0.538. The number of oxazole rings is 1. The number of hydrogen-bond donors (Lipinski definition) is 1. The number of nitrogens with one attached hydrogen (secondary N) is 1. The minimum Gasteiger partial charge on any atom is -0.493 e. The fourth-order valence-corrected chi connectivity index (χ4v) is 3.45. The molecular weight excluding hydrogens is 439 g/mol. The first kappa shape index (κ1) is 21.5. The second kappa shape index (κ2) is 8.76. The van der Waals surface area contributed by atoms with Crippen LogP contribution in [0.1, 0.15) is 10.4 Å². The summed E-state index contributed by atoms with van der Waals surface area (Å²) < 4.78 is 34.9. The topological polar surface area (TPSA) is 82.8 Å². The number of nitrogens with zero attached hydrogens (tertiary/aromatic N) is 1. The van der Waals surface area contributed by atoms with Crippen molar-refractivity contribution in [2.45, 2.75) is 0 Å². The molecule has 4 aromatic rings. The minimum atomic E-state index is -0.452. The van der Waals surface area contributed by atoms with Crippen molar-refractivity contribution in [2.75, 3.05) is 26.6 Å². The predicted octanol–water partition coefficient (Wildman–Crippen LogP) is 5.57. The first-order valence-electron chi connectivity index (χ1n) is 9.41. The zero-order chi connectivity index (χ0) is 22.8. The van der Waals surface area contributed by atoms with Crippen LogP contribution < -0.4 is 19.5 Å². The van der Waals surface area contributed by atoms with E-state index >= 15 is 0 Å². The number of methoxy groups -OCH3 is 3. The Balaban J connectivity index is 1.63. The lowest BCUT2D eigenvalue weighted by Crippen LogP contribution is -2.12. The van der Waals surface area contributed by atoms with Crippen LogP contribution in [0.5, 0.6) is 17.2 Å². The van der Waals surface area contributed by atoms with Gasteiger partial charge in [-0.15, -0.1) is 0 Å². The zero-order valence-corrected chi connectivity index (χ0v) is 18.1. The number of amides is 1. The first-order chi connectivity index (χ1) is 15.4. The molecule has 1 aromatic heterocycles. The van der Waals surface area contributed by atoms with E-state index in [0.717, 1.165) is 0 Å². The fraction of sp³-hybridized carbons (Fsp3) is 0.130. The number of halogens is 2. The third kappa shape index (κ3) is 4.04. The van der Waals surface area contributed by atoms with Gasteiger partial charge in [-0.2, -0.15) is 0 Å². The molecule has 0 saturated carbocycles. The molecule has 0 aliphatic carbocycles. The van der Waals surface area contributed by atoms with Crippen LogP contribution in [-0.4, -0.2) is 32.2 Å². The van der Waals surface area contributed by atoms with Gasteiger partial charge in [0.05, 0.1) is 31.9 Å². The number of fused-ring (bicyclic) bond motifs is 1. The summed E-state index contributed by atoms with van der Waals surface area (Å²) in [4.78, 5) is 17.2. The molecule has 1 heterocycles. The third-order valence-electron chi connectivity index (χ3n) is 4.73. The van der Waals surface area contributed by atoms with E-state index in [2.05, 4.69) is 10.3 Å². The van der Waals surface area contributed by atoms with Gasteiger partial charge in [0.1, 0.15) is 11.3 Å². The molecule has 0 unspecified atom stereocenters. The summed E-state index contributed by atoms with van der Waals surface area (Å²) >= 11 is 6.10. The Morgan fingerprint density at radius 1 is 1.00 bits per heavy atom. The Morgan fingerprint density at radius 3 is 2.34 bits per heavy atom. The summed E-state index contributed by atoms with van der Waals surface area (Å²) in [7, 11) is 4.44. The molecule has 4 rings (SSSR count). The van der Waals surface area contributed by atoms with Gasteiger partial charge in [-0.1, -0.05) is 11.6 Å². The van der Waals surface area contributed by atoms with E-state index < -0.39 is 5.82 Å². The highest BCUT2D eigenvalue weighted by Crippen LogP contribution is 2.38. The van der Waals surface area contributed by atoms with E-state index in [1.54, 1.807) is 30.3 Å². The van der Waals surface area contributed by atoms with Crippen LogP contribution in [0.25, 0.3) is 22.6 Å². The summed E-state index contributed by atoms with van der Waals surface area (Å²) in [5.41, 5.74) is 2.28. The van der Waals surface area contributed by atoms with Gasteiger partial charge in [-0.05, 0) is 48.5 Å². The summed E-state index contributed by atoms with van der Waals surface area (Å²) in [6.45, 7) is 0. The monoisotopic (exact) mass is 456 g/mol. The fourth-order valence-electron chi connectivity index (χ4n) is 3.20. The Hall–Kier alpha value is -3.78. The Labute approximate surface area is 187 Å². The highest BCUT2D eigenvalue weighted by atomic mass is 35.5. The lowest BCUT2D eigenvalue weighted by Gasteiger charge is -2.14. The lowest BCUT2D eigenvalue weighted by atomic mass is 10.1. The number of benzene rings is 3. The molecule has 7 nitrogen and oxygen atoms in total. The van der Waals surface area contributed by atoms with E-state index in [0.29, 0.717) is 45.2 Å². The molecule has 0 atom stereocenters. The quantitative estimate of drug-likeness (QED) is 0.408. The largest absolute Gasteiger partial charge is 0.493 e.